The highest BCUT2D eigenvalue weighted by atomic mass is 35.5. The van der Waals surface area contributed by atoms with Gasteiger partial charge in [-0.25, -0.2) is 13.2 Å². The summed E-state index contributed by atoms with van der Waals surface area (Å²) in [6, 6.07) is 6.36. The van der Waals surface area contributed by atoms with Crippen LogP contribution in [0.15, 0.2) is 24.3 Å². The van der Waals surface area contributed by atoms with Gasteiger partial charge in [0.25, 0.3) is 0 Å². The number of carbonyl (C=O) groups is 1. The summed E-state index contributed by atoms with van der Waals surface area (Å²) in [6.45, 7) is 0.369. The van der Waals surface area contributed by atoms with Gasteiger partial charge in [-0.3, -0.25) is 0 Å². The molecule has 3 N–H and O–H groups in total. The van der Waals surface area contributed by atoms with Crippen molar-refractivity contribution in [2.45, 2.75) is 12.5 Å². The first-order chi connectivity index (χ1) is 10.4. The summed E-state index contributed by atoms with van der Waals surface area (Å²) in [5, 5.41) is 15.7. The molecule has 2 amide bonds. The van der Waals surface area contributed by atoms with Gasteiger partial charge in [0, 0.05) is 18.1 Å². The summed E-state index contributed by atoms with van der Waals surface area (Å²) in [5.41, 5.74) is 0.620. The molecule has 2 rings (SSSR count). The summed E-state index contributed by atoms with van der Waals surface area (Å²) >= 11 is 5.84. The zero-order valence-electron chi connectivity index (χ0n) is 12.0. The molecule has 0 radical (unpaired) electrons. The minimum atomic E-state index is -2.93. The summed E-state index contributed by atoms with van der Waals surface area (Å²) < 4.78 is 22.6. The molecular weight excluding hydrogens is 328 g/mol. The number of hydrogen-bond acceptors (Lipinski definition) is 4. The molecule has 0 saturated carbocycles. The molecular formula is C14H19ClN2O4S. The second-order valence-electron chi connectivity index (χ2n) is 5.43. The highest BCUT2D eigenvalue weighted by molar-refractivity contribution is 7.91. The van der Waals surface area contributed by atoms with Crippen molar-refractivity contribution in [3.63, 3.8) is 0 Å². The minimum absolute atomic E-state index is 0.0337. The first-order valence-electron chi connectivity index (χ1n) is 7.01. The van der Waals surface area contributed by atoms with Crippen molar-refractivity contribution in [3.8, 4) is 0 Å². The van der Waals surface area contributed by atoms with Crippen LogP contribution >= 0.6 is 11.6 Å². The van der Waals surface area contributed by atoms with E-state index in [1.807, 2.05) is 0 Å². The summed E-state index contributed by atoms with van der Waals surface area (Å²) in [6.07, 6.45) is -0.274. The number of amides is 2. The third-order valence-electron chi connectivity index (χ3n) is 3.57. The normalized spacial score (nSPS) is 21.3. The maximum atomic E-state index is 11.7. The third kappa shape index (κ3) is 5.15. The first-order valence-corrected chi connectivity index (χ1v) is 9.21. The number of rotatable bonds is 5. The van der Waals surface area contributed by atoms with Gasteiger partial charge in [-0.2, -0.15) is 0 Å². The van der Waals surface area contributed by atoms with Gasteiger partial charge in [0.15, 0.2) is 9.84 Å². The molecule has 0 aliphatic carbocycles. The van der Waals surface area contributed by atoms with Crippen molar-refractivity contribution in [2.24, 2.45) is 5.92 Å². The summed E-state index contributed by atoms with van der Waals surface area (Å²) in [7, 11) is -2.93. The number of urea groups is 1. The zero-order valence-corrected chi connectivity index (χ0v) is 13.5. The lowest BCUT2D eigenvalue weighted by Crippen LogP contribution is -2.40. The van der Waals surface area contributed by atoms with Crippen molar-refractivity contribution in [3.05, 3.63) is 34.9 Å². The average Bonchev–Trinajstić information content (AvgIpc) is 2.82. The van der Waals surface area contributed by atoms with Gasteiger partial charge in [-0.1, -0.05) is 23.7 Å². The molecule has 0 unspecified atom stereocenters. The average molecular weight is 347 g/mol. The Balaban J connectivity index is 1.71. The number of aliphatic hydroxyl groups excluding tert-OH is 1. The Hall–Kier alpha value is -1.31. The predicted octanol–water partition coefficient (Wildman–Crippen LogP) is 1.11. The molecule has 8 heteroatoms. The van der Waals surface area contributed by atoms with E-state index < -0.39 is 22.0 Å². The number of benzene rings is 1. The van der Waals surface area contributed by atoms with Gasteiger partial charge in [0.2, 0.25) is 0 Å². The lowest BCUT2D eigenvalue weighted by molar-refractivity contribution is 0.173. The summed E-state index contributed by atoms with van der Waals surface area (Å²) in [4.78, 5) is 11.7. The first kappa shape index (κ1) is 17.1. The fourth-order valence-electron chi connectivity index (χ4n) is 2.35. The zero-order chi connectivity index (χ0) is 16.2. The monoisotopic (exact) mass is 346 g/mol. The fourth-order valence-corrected chi connectivity index (χ4v) is 4.41. The molecule has 1 aromatic rings. The van der Waals surface area contributed by atoms with Gasteiger partial charge in [-0.05, 0) is 30.0 Å². The maximum absolute atomic E-state index is 11.7. The van der Waals surface area contributed by atoms with E-state index in [0.29, 0.717) is 23.6 Å². The van der Waals surface area contributed by atoms with Gasteiger partial charge in [-0.15, -0.1) is 0 Å². The van der Waals surface area contributed by atoms with Crippen LogP contribution in [0.2, 0.25) is 5.02 Å². The van der Waals surface area contributed by atoms with E-state index in [4.69, 9.17) is 11.6 Å². The van der Waals surface area contributed by atoms with Crippen LogP contribution in [0.5, 0.6) is 0 Å². The van der Waals surface area contributed by atoms with Crippen molar-refractivity contribution < 1.29 is 18.3 Å². The van der Waals surface area contributed by atoms with Crippen LogP contribution in [0.3, 0.4) is 0 Å². The highest BCUT2D eigenvalue weighted by Gasteiger charge is 2.27. The van der Waals surface area contributed by atoms with E-state index in [-0.39, 0.29) is 24.0 Å². The van der Waals surface area contributed by atoms with E-state index in [1.54, 1.807) is 24.3 Å². The van der Waals surface area contributed by atoms with Crippen LogP contribution in [0, 0.1) is 5.92 Å². The lowest BCUT2D eigenvalue weighted by Gasteiger charge is -2.14. The Morgan fingerprint density at radius 2 is 2.18 bits per heavy atom. The number of nitrogens with one attached hydrogen (secondary N) is 2. The molecule has 1 fully saturated rings. The number of aliphatic hydroxyl groups is 1. The second-order valence-corrected chi connectivity index (χ2v) is 8.10. The van der Waals surface area contributed by atoms with Gasteiger partial charge >= 0.3 is 6.03 Å². The van der Waals surface area contributed by atoms with Crippen molar-refractivity contribution in [2.75, 3.05) is 24.6 Å². The van der Waals surface area contributed by atoms with Crippen LogP contribution in [-0.2, 0) is 9.84 Å². The van der Waals surface area contributed by atoms with Gasteiger partial charge in [0.1, 0.15) is 0 Å². The van der Waals surface area contributed by atoms with E-state index in [0.717, 1.165) is 0 Å². The fraction of sp³-hybridized carbons (Fsp3) is 0.500. The molecule has 122 valence electrons. The topological polar surface area (TPSA) is 95.5 Å². The standard InChI is InChI=1S/C14H19ClN2O4S/c15-12-3-1-2-11(6-12)13(18)8-17-14(19)16-7-10-4-5-22(20,21)9-10/h1-3,6,10,13,18H,4-5,7-9H2,(H2,16,17,19)/t10-,13-/m0/s1. The number of sulfone groups is 1. The molecule has 6 nitrogen and oxygen atoms in total. The van der Waals surface area contributed by atoms with Crippen molar-refractivity contribution in [1.29, 1.82) is 0 Å². The molecule has 0 bridgehead atoms. The van der Waals surface area contributed by atoms with E-state index in [1.165, 1.54) is 0 Å². The SMILES string of the molecule is O=C(NC[C@@H]1CCS(=O)(=O)C1)NC[C@H](O)c1cccc(Cl)c1. The Kier molecular flexibility index (Phi) is 5.66. The number of halogens is 1. The summed E-state index contributed by atoms with van der Waals surface area (Å²) in [5.74, 6) is 0.279. The number of carbonyl (C=O) groups excluding carboxylic acids is 1. The second kappa shape index (κ2) is 7.30. The number of hydrogen-bond donors (Lipinski definition) is 3. The molecule has 0 aromatic heterocycles. The van der Waals surface area contributed by atoms with Crippen LogP contribution in [0.4, 0.5) is 4.79 Å². The molecule has 1 saturated heterocycles. The minimum Gasteiger partial charge on any atom is -0.387 e. The highest BCUT2D eigenvalue weighted by Crippen LogP contribution is 2.18. The van der Waals surface area contributed by atoms with Crippen LogP contribution < -0.4 is 10.6 Å². The van der Waals surface area contributed by atoms with Crippen molar-refractivity contribution >= 4 is 27.5 Å². The quantitative estimate of drug-likeness (QED) is 0.744. The maximum Gasteiger partial charge on any atom is 0.314 e. The van der Waals surface area contributed by atoms with E-state index >= 15 is 0 Å². The molecule has 1 aliphatic heterocycles. The van der Waals surface area contributed by atoms with Crippen LogP contribution in [0.1, 0.15) is 18.1 Å². The largest absolute Gasteiger partial charge is 0.387 e. The van der Waals surface area contributed by atoms with E-state index in [2.05, 4.69) is 10.6 Å². The molecule has 1 aliphatic rings. The Bertz CT molecular complexity index is 635. The Labute approximate surface area is 134 Å². The van der Waals surface area contributed by atoms with Crippen LogP contribution in [0.25, 0.3) is 0 Å². The van der Waals surface area contributed by atoms with E-state index in [9.17, 15) is 18.3 Å². The van der Waals surface area contributed by atoms with Gasteiger partial charge < -0.3 is 15.7 Å². The molecule has 1 aromatic carbocycles. The predicted molar refractivity (Wildman–Crippen MR) is 84.6 cm³/mol. The Morgan fingerprint density at radius 3 is 2.82 bits per heavy atom. The smallest absolute Gasteiger partial charge is 0.314 e. The van der Waals surface area contributed by atoms with Crippen LogP contribution in [-0.4, -0.2) is 44.2 Å². The van der Waals surface area contributed by atoms with Crippen molar-refractivity contribution in [1.82, 2.24) is 10.6 Å². The molecule has 22 heavy (non-hydrogen) atoms. The lowest BCUT2D eigenvalue weighted by atomic mass is 10.1. The van der Waals surface area contributed by atoms with Gasteiger partial charge in [0.05, 0.1) is 17.6 Å². The molecule has 2 atom stereocenters. The molecule has 0 spiro atoms. The third-order valence-corrected chi connectivity index (χ3v) is 5.64. The Morgan fingerprint density at radius 1 is 1.41 bits per heavy atom. The molecule has 1 heterocycles.